The van der Waals surface area contributed by atoms with Crippen molar-refractivity contribution in [2.45, 2.75) is 0 Å². The molecule has 0 saturated heterocycles. The van der Waals surface area contributed by atoms with Gasteiger partial charge in [0, 0.05) is 19.5 Å². The third kappa shape index (κ3) is 9.81. The van der Waals surface area contributed by atoms with Gasteiger partial charge in [0.1, 0.15) is 0 Å². The molecule has 0 rings (SSSR count). The molecule has 24 valence electrons. The monoisotopic (exact) mass is 310 g/mol. The van der Waals surface area contributed by atoms with Crippen molar-refractivity contribution in [2.75, 3.05) is 0 Å². The first-order chi connectivity index (χ1) is 0. The van der Waals surface area contributed by atoms with Crippen molar-refractivity contribution >= 4 is 27.3 Å². The Morgan fingerprint density at radius 2 is 0.750 bits per heavy atom. The summed E-state index contributed by atoms with van der Waals surface area (Å²) >= 11 is 0. The summed E-state index contributed by atoms with van der Waals surface area (Å²) in [5.74, 6) is 0. The van der Waals surface area contributed by atoms with Gasteiger partial charge >= 0.3 is 27.3 Å². The minimum absolute atomic E-state index is 0. The molecule has 0 amide bonds. The molecule has 0 fully saturated rings. The quantitative estimate of drug-likeness (QED) is 0.442. The van der Waals surface area contributed by atoms with Crippen LogP contribution in [0.15, 0.2) is 0 Å². The molecule has 4 N–H and O–H groups in total. The Balaban J connectivity index is 0. The van der Waals surface area contributed by atoms with Crippen molar-refractivity contribution in [3.63, 3.8) is 0 Å². The van der Waals surface area contributed by atoms with Gasteiger partial charge in [-0.1, -0.05) is 0 Å². The summed E-state index contributed by atoms with van der Waals surface area (Å²) in [4.78, 5) is 0. The summed E-state index contributed by atoms with van der Waals surface area (Å²) in [6, 6.07) is 0. The van der Waals surface area contributed by atoms with E-state index in [-0.39, 0.29) is 57.7 Å². The van der Waals surface area contributed by atoms with E-state index in [1.54, 1.807) is 0 Å². The standard InChI is InChI=1S/2H2O.Pb.Zn.2H/h2*1H2;;;;. The predicted octanol–water partition coefficient (Wildman–Crippen LogP) is -2.57. The zero-order chi connectivity index (χ0) is 0. The molecule has 0 bridgehead atoms. The van der Waals surface area contributed by atoms with E-state index in [0.717, 1.165) is 0 Å². The Labute approximate surface area is 57.5 Å². The van der Waals surface area contributed by atoms with Gasteiger partial charge in [-0.05, 0) is 0 Å². The summed E-state index contributed by atoms with van der Waals surface area (Å²) in [5, 5.41) is 0. The van der Waals surface area contributed by atoms with Crippen molar-refractivity contribution in [2.24, 2.45) is 0 Å². The fraction of sp³-hybridized carbons (Fsp3) is 0. The topological polar surface area (TPSA) is 63.0 Å². The molecular weight excluding hydrogens is 305 g/mol. The van der Waals surface area contributed by atoms with E-state index in [9.17, 15) is 0 Å². The Kier molecular flexibility index (Phi) is 317. The van der Waals surface area contributed by atoms with Crippen LogP contribution in [0, 0.1) is 0 Å². The van der Waals surface area contributed by atoms with E-state index < -0.39 is 0 Å². The Hall–Kier alpha value is 1.47. The van der Waals surface area contributed by atoms with E-state index in [1.165, 1.54) is 0 Å². The molecule has 4 heavy (non-hydrogen) atoms. The van der Waals surface area contributed by atoms with Gasteiger partial charge in [-0.3, -0.25) is 0 Å². The summed E-state index contributed by atoms with van der Waals surface area (Å²) < 4.78 is 0. The molecule has 0 spiro atoms. The van der Waals surface area contributed by atoms with Crippen LogP contribution in [0.5, 0.6) is 0 Å². The maximum atomic E-state index is 0. The van der Waals surface area contributed by atoms with E-state index in [2.05, 4.69) is 0 Å². The van der Waals surface area contributed by atoms with Crippen LogP contribution in [-0.4, -0.2) is 38.3 Å². The number of hydrogen-bond acceptors (Lipinski definition) is 0. The third-order valence-electron chi connectivity index (χ3n) is 0. The van der Waals surface area contributed by atoms with Crippen molar-refractivity contribution in [1.82, 2.24) is 0 Å². The summed E-state index contributed by atoms with van der Waals surface area (Å²) in [6.45, 7) is 0. The zero-order valence-corrected chi connectivity index (χ0v) is 10.9. The molecule has 0 aromatic rings. The van der Waals surface area contributed by atoms with Crippen molar-refractivity contribution < 1.29 is 30.4 Å². The molecule has 0 aromatic heterocycles. The fourth-order valence-electron chi connectivity index (χ4n) is 0. The predicted molar refractivity (Wildman–Crippen MR) is 15.8 cm³/mol. The van der Waals surface area contributed by atoms with E-state index >= 15 is 0 Å². The van der Waals surface area contributed by atoms with Crippen LogP contribution in [0.3, 0.4) is 0 Å². The molecule has 4 heteroatoms. The summed E-state index contributed by atoms with van der Waals surface area (Å²) in [5.41, 5.74) is 0. The molecule has 0 heterocycles. The van der Waals surface area contributed by atoms with Crippen molar-refractivity contribution in [3.05, 3.63) is 0 Å². The van der Waals surface area contributed by atoms with E-state index in [0.29, 0.717) is 0 Å². The second kappa shape index (κ2) is 25.0. The average Bonchev–Trinajstić information content (AvgIpc) is 0. The zero-order valence-electron chi connectivity index (χ0n) is 2.41. The molecule has 2 nitrogen and oxygen atoms in total. The molecule has 0 aliphatic carbocycles. The van der Waals surface area contributed by atoms with Gasteiger partial charge in [0.25, 0.3) is 0 Å². The summed E-state index contributed by atoms with van der Waals surface area (Å²) in [7, 11) is 0. The molecule has 0 atom stereocenters. The SMILES string of the molecule is O.O.[PbH2].[Zn]. The van der Waals surface area contributed by atoms with Crippen LogP contribution in [0.4, 0.5) is 0 Å². The first-order valence-electron chi connectivity index (χ1n) is 0. The van der Waals surface area contributed by atoms with Crippen LogP contribution in [0.1, 0.15) is 0 Å². The van der Waals surface area contributed by atoms with Gasteiger partial charge in [-0.15, -0.1) is 0 Å². The smallest absolute Gasteiger partial charge is 0 e. The molecular formula is H6O2PbZn. The summed E-state index contributed by atoms with van der Waals surface area (Å²) in [6.07, 6.45) is 0. The van der Waals surface area contributed by atoms with Crippen LogP contribution in [0.25, 0.3) is 0 Å². The van der Waals surface area contributed by atoms with Crippen LogP contribution in [0.2, 0.25) is 0 Å². The maximum Gasteiger partial charge on any atom is 0 e. The Morgan fingerprint density at radius 1 is 0.750 bits per heavy atom. The minimum atomic E-state index is 0. The van der Waals surface area contributed by atoms with Gasteiger partial charge in [0.2, 0.25) is 0 Å². The van der Waals surface area contributed by atoms with Gasteiger partial charge in [0.05, 0.1) is 0 Å². The van der Waals surface area contributed by atoms with Gasteiger partial charge < -0.3 is 11.0 Å². The van der Waals surface area contributed by atoms with Gasteiger partial charge in [-0.25, -0.2) is 0 Å². The second-order valence-corrected chi connectivity index (χ2v) is 0. The normalized spacial score (nSPS) is 0. The van der Waals surface area contributed by atoms with Crippen molar-refractivity contribution in [1.29, 1.82) is 0 Å². The first kappa shape index (κ1) is 50.7. The molecule has 0 aromatic carbocycles. The maximum absolute atomic E-state index is 0. The molecule has 0 unspecified atom stereocenters. The molecule has 0 aliphatic heterocycles. The average molecular weight is 311 g/mol. The fourth-order valence-corrected chi connectivity index (χ4v) is 0. The Bertz CT molecular complexity index is 6.00. The van der Waals surface area contributed by atoms with Crippen LogP contribution in [-0.2, 0) is 19.5 Å². The number of rotatable bonds is 0. The van der Waals surface area contributed by atoms with E-state index in [4.69, 9.17) is 0 Å². The third-order valence-corrected chi connectivity index (χ3v) is 0. The van der Waals surface area contributed by atoms with Crippen molar-refractivity contribution in [3.8, 4) is 0 Å². The van der Waals surface area contributed by atoms with Gasteiger partial charge in [0.15, 0.2) is 0 Å². The number of hydrogen-bond donors (Lipinski definition) is 0. The van der Waals surface area contributed by atoms with Gasteiger partial charge in [-0.2, -0.15) is 0 Å². The molecule has 0 saturated carbocycles. The molecule has 2 radical (unpaired) electrons. The second-order valence-electron chi connectivity index (χ2n) is 0. The molecule has 0 aliphatic rings. The first-order valence-corrected chi connectivity index (χ1v) is 0. The Morgan fingerprint density at radius 3 is 0.750 bits per heavy atom. The minimum Gasteiger partial charge on any atom is 0 e. The largest absolute Gasteiger partial charge is 0 e. The van der Waals surface area contributed by atoms with E-state index in [1.807, 2.05) is 0 Å². The van der Waals surface area contributed by atoms with Crippen LogP contribution >= 0.6 is 0 Å². The van der Waals surface area contributed by atoms with Crippen LogP contribution < -0.4 is 0 Å².